The Labute approximate surface area is 127 Å². The van der Waals surface area contributed by atoms with E-state index >= 15 is 0 Å². The third kappa shape index (κ3) is 3.30. The molecule has 4 heteroatoms. The summed E-state index contributed by atoms with van der Waals surface area (Å²) in [5.41, 5.74) is 0.653. The van der Waals surface area contributed by atoms with Gasteiger partial charge >= 0.3 is 0 Å². The molecule has 0 aromatic carbocycles. The van der Waals surface area contributed by atoms with Gasteiger partial charge in [-0.05, 0) is 51.4 Å². The smallest absolute Gasteiger partial charge is 0.187 e. The number of carbonyl (C=O) groups is 1. The van der Waals surface area contributed by atoms with Crippen LogP contribution in [0.1, 0.15) is 69.9 Å². The number of ether oxygens (including phenoxy) is 1. The first kappa shape index (κ1) is 16.1. The Hall–Kier alpha value is -1.32. The van der Waals surface area contributed by atoms with Crippen LogP contribution in [0.3, 0.4) is 0 Å². The summed E-state index contributed by atoms with van der Waals surface area (Å²) in [5.74, 6) is 2.44. The molecule has 4 nitrogen and oxygen atoms in total. The number of Topliss-reactive ketones (excluding diaryl/α,β-unsaturated/α-hetero) is 1. The van der Waals surface area contributed by atoms with Crippen LogP contribution in [0.15, 0.2) is 6.20 Å². The van der Waals surface area contributed by atoms with Gasteiger partial charge in [0.05, 0.1) is 13.3 Å². The van der Waals surface area contributed by atoms with Crippen molar-refractivity contribution in [3.8, 4) is 5.75 Å². The number of methoxy groups -OCH3 is 1. The Morgan fingerprint density at radius 3 is 2.33 bits per heavy atom. The molecule has 0 unspecified atom stereocenters. The molecule has 0 radical (unpaired) electrons. The van der Waals surface area contributed by atoms with Crippen LogP contribution in [-0.2, 0) is 0 Å². The Bertz CT molecular complexity index is 483. The molecule has 0 atom stereocenters. The molecular weight excluding hydrogens is 264 g/mol. The first-order chi connectivity index (χ1) is 9.95. The number of ketones is 1. The summed E-state index contributed by atoms with van der Waals surface area (Å²) in [6, 6.07) is 0.167. The fourth-order valence-electron chi connectivity index (χ4n) is 3.36. The lowest BCUT2D eigenvalue weighted by Crippen LogP contribution is -2.26. The number of nitrogens with zero attached hydrogens (tertiary/aromatic N) is 2. The van der Waals surface area contributed by atoms with Crippen LogP contribution < -0.4 is 4.74 Å². The van der Waals surface area contributed by atoms with E-state index in [1.54, 1.807) is 18.0 Å². The van der Waals surface area contributed by atoms with Gasteiger partial charge in [0.2, 0.25) is 0 Å². The van der Waals surface area contributed by atoms with Crippen LogP contribution in [0, 0.1) is 17.8 Å². The fraction of sp³-hybridized carbons (Fsp3) is 0.765. The predicted molar refractivity (Wildman–Crippen MR) is 83.8 cm³/mol. The summed E-state index contributed by atoms with van der Waals surface area (Å²) in [4.78, 5) is 12.9. The number of carbonyl (C=O) groups excluding carboxylic acids is 1. The van der Waals surface area contributed by atoms with Gasteiger partial charge in [0.15, 0.2) is 11.5 Å². The second-order valence-electron chi connectivity index (χ2n) is 6.82. The van der Waals surface area contributed by atoms with Gasteiger partial charge in [-0.1, -0.05) is 13.8 Å². The molecular formula is C17H28N2O2. The van der Waals surface area contributed by atoms with Crippen molar-refractivity contribution < 1.29 is 9.53 Å². The van der Waals surface area contributed by atoms with Crippen molar-refractivity contribution >= 4 is 5.78 Å². The highest BCUT2D eigenvalue weighted by Gasteiger charge is 2.32. The van der Waals surface area contributed by atoms with Crippen molar-refractivity contribution in [2.45, 2.75) is 59.4 Å². The minimum absolute atomic E-state index is 0.128. The van der Waals surface area contributed by atoms with E-state index in [-0.39, 0.29) is 17.7 Å². The number of hydrogen-bond donors (Lipinski definition) is 0. The summed E-state index contributed by atoms with van der Waals surface area (Å²) in [6.07, 6.45) is 5.97. The van der Waals surface area contributed by atoms with E-state index in [2.05, 4.69) is 18.9 Å². The summed E-state index contributed by atoms with van der Waals surface area (Å²) in [6.45, 7) is 8.64. The lowest BCUT2D eigenvalue weighted by molar-refractivity contribution is 0.0842. The van der Waals surface area contributed by atoms with Crippen molar-refractivity contribution in [2.24, 2.45) is 17.8 Å². The van der Waals surface area contributed by atoms with E-state index in [0.29, 0.717) is 11.4 Å². The molecule has 118 valence electrons. The van der Waals surface area contributed by atoms with Crippen molar-refractivity contribution in [2.75, 3.05) is 7.11 Å². The molecule has 0 N–H and O–H groups in total. The highest BCUT2D eigenvalue weighted by Crippen LogP contribution is 2.36. The van der Waals surface area contributed by atoms with Gasteiger partial charge in [-0.15, -0.1) is 0 Å². The van der Waals surface area contributed by atoms with E-state index in [1.165, 1.54) is 0 Å². The average molecular weight is 292 g/mol. The second-order valence-corrected chi connectivity index (χ2v) is 6.82. The zero-order chi connectivity index (χ0) is 15.6. The van der Waals surface area contributed by atoms with E-state index in [9.17, 15) is 4.79 Å². The molecule has 0 amide bonds. The minimum atomic E-state index is 0.128. The van der Waals surface area contributed by atoms with Crippen LogP contribution >= 0.6 is 0 Å². The van der Waals surface area contributed by atoms with E-state index in [1.807, 2.05) is 13.8 Å². The first-order valence-electron chi connectivity index (χ1n) is 8.11. The van der Waals surface area contributed by atoms with Crippen LogP contribution in [0.25, 0.3) is 0 Å². The van der Waals surface area contributed by atoms with Gasteiger partial charge in [0.25, 0.3) is 0 Å². The highest BCUT2D eigenvalue weighted by atomic mass is 16.5. The van der Waals surface area contributed by atoms with Gasteiger partial charge in [0, 0.05) is 12.0 Å². The molecule has 1 fully saturated rings. The average Bonchev–Trinajstić information content (AvgIpc) is 2.90. The van der Waals surface area contributed by atoms with Crippen LogP contribution in [0.5, 0.6) is 5.75 Å². The summed E-state index contributed by atoms with van der Waals surface area (Å²) in [7, 11) is 1.61. The molecule has 0 aliphatic heterocycles. The molecule has 1 aromatic rings. The zero-order valence-electron chi connectivity index (χ0n) is 13.9. The summed E-state index contributed by atoms with van der Waals surface area (Å²) < 4.78 is 7.14. The van der Waals surface area contributed by atoms with Gasteiger partial charge in [-0.25, -0.2) is 0 Å². The lowest BCUT2D eigenvalue weighted by atomic mass is 9.75. The van der Waals surface area contributed by atoms with Crippen molar-refractivity contribution in [3.63, 3.8) is 0 Å². The summed E-state index contributed by atoms with van der Waals surface area (Å²) in [5, 5.41) is 4.32. The summed E-state index contributed by atoms with van der Waals surface area (Å²) >= 11 is 0. The standard InChI is InChI=1S/C17H28N2O2/c1-11(2)13-6-8-14(9-7-13)17(20)16-15(21-5)10-18-19(16)12(3)4/h10-14H,6-9H2,1-5H3. The maximum Gasteiger partial charge on any atom is 0.187 e. The maximum atomic E-state index is 12.9. The third-order valence-electron chi connectivity index (χ3n) is 4.79. The number of rotatable bonds is 5. The predicted octanol–water partition coefficient (Wildman–Crippen LogP) is 4.12. The molecule has 1 aliphatic carbocycles. The van der Waals surface area contributed by atoms with Crippen molar-refractivity contribution in [3.05, 3.63) is 11.9 Å². The number of hydrogen-bond acceptors (Lipinski definition) is 3. The van der Waals surface area contributed by atoms with Crippen molar-refractivity contribution in [1.82, 2.24) is 9.78 Å². The van der Waals surface area contributed by atoms with Gasteiger partial charge in [-0.2, -0.15) is 5.10 Å². The second kappa shape index (κ2) is 6.63. The topological polar surface area (TPSA) is 44.1 Å². The monoisotopic (exact) mass is 292 g/mol. The Kier molecular flexibility index (Phi) is 5.07. The Balaban J connectivity index is 2.16. The fourth-order valence-corrected chi connectivity index (χ4v) is 3.36. The van der Waals surface area contributed by atoms with Gasteiger partial charge in [0.1, 0.15) is 5.69 Å². The third-order valence-corrected chi connectivity index (χ3v) is 4.79. The molecule has 1 aliphatic rings. The lowest BCUT2D eigenvalue weighted by Gasteiger charge is -2.30. The number of aromatic nitrogens is 2. The molecule has 2 rings (SSSR count). The van der Waals surface area contributed by atoms with E-state index in [4.69, 9.17) is 4.74 Å². The van der Waals surface area contributed by atoms with E-state index in [0.717, 1.165) is 37.5 Å². The molecule has 1 aromatic heterocycles. The normalized spacial score (nSPS) is 22.8. The minimum Gasteiger partial charge on any atom is -0.493 e. The maximum absolute atomic E-state index is 12.9. The Morgan fingerprint density at radius 2 is 1.86 bits per heavy atom. The SMILES string of the molecule is COc1cnn(C(C)C)c1C(=O)C1CCC(C(C)C)CC1. The van der Waals surface area contributed by atoms with Crippen LogP contribution in [0.2, 0.25) is 0 Å². The highest BCUT2D eigenvalue weighted by molar-refractivity contribution is 5.98. The van der Waals surface area contributed by atoms with Gasteiger partial charge in [-0.3, -0.25) is 9.48 Å². The zero-order valence-corrected chi connectivity index (χ0v) is 13.9. The largest absolute Gasteiger partial charge is 0.493 e. The molecule has 0 spiro atoms. The quantitative estimate of drug-likeness (QED) is 0.767. The van der Waals surface area contributed by atoms with Crippen molar-refractivity contribution in [1.29, 1.82) is 0 Å². The Morgan fingerprint density at radius 1 is 1.24 bits per heavy atom. The molecule has 0 bridgehead atoms. The molecule has 21 heavy (non-hydrogen) atoms. The first-order valence-corrected chi connectivity index (χ1v) is 8.11. The molecule has 0 saturated heterocycles. The molecule has 1 heterocycles. The van der Waals surface area contributed by atoms with E-state index < -0.39 is 0 Å². The molecule has 1 saturated carbocycles. The van der Waals surface area contributed by atoms with Crippen LogP contribution in [0.4, 0.5) is 0 Å². The van der Waals surface area contributed by atoms with Gasteiger partial charge < -0.3 is 4.74 Å². The van der Waals surface area contributed by atoms with Crippen LogP contribution in [-0.4, -0.2) is 22.7 Å².